The van der Waals surface area contributed by atoms with Crippen LogP contribution in [0.15, 0.2) is 39.4 Å². The van der Waals surface area contributed by atoms with E-state index in [9.17, 15) is 23.1 Å². The van der Waals surface area contributed by atoms with Crippen LogP contribution in [0.3, 0.4) is 0 Å². The van der Waals surface area contributed by atoms with Crippen molar-refractivity contribution in [2.24, 2.45) is 5.73 Å². The number of hydrogen-bond donors (Lipinski definition) is 2. The van der Waals surface area contributed by atoms with Gasteiger partial charge in [-0.05, 0) is 40.2 Å². The summed E-state index contributed by atoms with van der Waals surface area (Å²) in [5, 5.41) is 9.53. The number of nitrogens with zero attached hydrogens (tertiary/aromatic N) is 1. The van der Waals surface area contributed by atoms with Crippen LogP contribution in [-0.4, -0.2) is 22.6 Å². The van der Waals surface area contributed by atoms with Gasteiger partial charge in [0.15, 0.2) is 22.3 Å². The lowest BCUT2D eigenvalue weighted by Crippen LogP contribution is -2.18. The Labute approximate surface area is 175 Å². The Morgan fingerprint density at radius 1 is 1.28 bits per heavy atom. The van der Waals surface area contributed by atoms with Crippen molar-refractivity contribution in [3.8, 4) is 17.0 Å². The molecule has 0 aliphatic heterocycles. The minimum atomic E-state index is -1.33. The average molecular weight is 492 g/mol. The van der Waals surface area contributed by atoms with Crippen LogP contribution in [-0.2, 0) is 0 Å². The van der Waals surface area contributed by atoms with Crippen LogP contribution in [0.2, 0.25) is 5.02 Å². The van der Waals surface area contributed by atoms with Gasteiger partial charge >= 0.3 is 0 Å². The van der Waals surface area contributed by atoms with Crippen LogP contribution in [0.5, 0.6) is 5.75 Å². The molecule has 2 aromatic carbocycles. The predicted molar refractivity (Wildman–Crippen MR) is 99.9 cm³/mol. The summed E-state index contributed by atoms with van der Waals surface area (Å²) >= 11 is 8.79. The van der Waals surface area contributed by atoms with Crippen LogP contribution in [0.1, 0.15) is 22.4 Å². The molecule has 0 radical (unpaired) electrons. The number of ether oxygens (including phenoxy) is 1. The first-order valence-electron chi connectivity index (χ1n) is 7.89. The first kappa shape index (κ1) is 21.2. The van der Waals surface area contributed by atoms with Crippen molar-refractivity contribution in [1.29, 1.82) is 0 Å². The Morgan fingerprint density at radius 3 is 2.62 bits per heavy atom. The van der Waals surface area contributed by atoms with Crippen molar-refractivity contribution in [2.45, 2.75) is 6.10 Å². The predicted octanol–water partition coefficient (Wildman–Crippen LogP) is 4.39. The Balaban J connectivity index is 1.95. The molecular weight excluding hydrogens is 481 g/mol. The molecule has 29 heavy (non-hydrogen) atoms. The van der Waals surface area contributed by atoms with Gasteiger partial charge in [0.2, 0.25) is 5.89 Å². The molecule has 3 aromatic rings. The van der Waals surface area contributed by atoms with Crippen molar-refractivity contribution in [3.05, 3.63) is 68.9 Å². The number of hydrogen-bond acceptors (Lipinski definition) is 5. The first-order chi connectivity index (χ1) is 13.7. The molecule has 0 aliphatic carbocycles. The SMILES string of the molecule is NC(=O)c1c(F)ccc(OC(CO)c2nc(-c3ccc(Cl)c(F)c3)c(Br)o2)c1F. The summed E-state index contributed by atoms with van der Waals surface area (Å²) in [5.41, 5.74) is 4.48. The molecule has 1 atom stereocenters. The van der Waals surface area contributed by atoms with Gasteiger partial charge in [0.1, 0.15) is 22.9 Å². The number of rotatable bonds is 6. The number of carbonyl (C=O) groups excluding carboxylic acids is 1. The van der Waals surface area contributed by atoms with Gasteiger partial charge in [-0.25, -0.2) is 18.2 Å². The number of aliphatic hydroxyl groups is 1. The Kier molecular flexibility index (Phi) is 6.15. The maximum Gasteiger partial charge on any atom is 0.254 e. The van der Waals surface area contributed by atoms with Gasteiger partial charge < -0.3 is 20.0 Å². The zero-order chi connectivity index (χ0) is 21.3. The summed E-state index contributed by atoms with van der Waals surface area (Å²) in [6.45, 7) is -0.704. The topological polar surface area (TPSA) is 98.6 Å². The van der Waals surface area contributed by atoms with E-state index in [2.05, 4.69) is 20.9 Å². The number of nitrogens with two attached hydrogens (primary N) is 1. The Morgan fingerprint density at radius 2 is 2.00 bits per heavy atom. The second kappa shape index (κ2) is 8.44. The monoisotopic (exact) mass is 490 g/mol. The van der Waals surface area contributed by atoms with Gasteiger partial charge in [0.05, 0.1) is 11.6 Å². The molecule has 152 valence electrons. The minimum Gasteiger partial charge on any atom is -0.475 e. The lowest BCUT2D eigenvalue weighted by atomic mass is 10.1. The zero-order valence-corrected chi connectivity index (χ0v) is 16.6. The summed E-state index contributed by atoms with van der Waals surface area (Å²) in [6.07, 6.45) is -1.32. The normalized spacial score (nSPS) is 12.1. The van der Waals surface area contributed by atoms with Crippen molar-refractivity contribution in [1.82, 2.24) is 4.98 Å². The number of primary amides is 1. The van der Waals surface area contributed by atoms with Crippen molar-refractivity contribution >= 4 is 33.4 Å². The highest BCUT2D eigenvalue weighted by Gasteiger charge is 2.26. The second-order valence-corrected chi connectivity index (χ2v) is 6.82. The number of aliphatic hydroxyl groups excluding tert-OH is 1. The van der Waals surface area contributed by atoms with Crippen molar-refractivity contribution in [3.63, 3.8) is 0 Å². The molecule has 0 aliphatic rings. The largest absolute Gasteiger partial charge is 0.475 e. The number of carbonyl (C=O) groups is 1. The number of halogens is 5. The van der Waals surface area contributed by atoms with E-state index in [-0.39, 0.29) is 21.3 Å². The summed E-state index contributed by atoms with van der Waals surface area (Å²) in [6, 6.07) is 5.66. The minimum absolute atomic E-state index is 0.0813. The number of oxazole rings is 1. The molecule has 0 spiro atoms. The van der Waals surface area contributed by atoms with Crippen LogP contribution < -0.4 is 10.5 Å². The molecule has 1 heterocycles. The molecule has 0 fully saturated rings. The molecule has 1 aromatic heterocycles. The van der Waals surface area contributed by atoms with E-state index in [1.807, 2.05) is 0 Å². The summed E-state index contributed by atoms with van der Waals surface area (Å²) in [7, 11) is 0. The van der Waals surface area contributed by atoms with E-state index < -0.39 is 47.4 Å². The molecule has 11 heteroatoms. The van der Waals surface area contributed by atoms with Crippen LogP contribution in [0.25, 0.3) is 11.3 Å². The standard InChI is InChI=1S/C18H11BrClF3N2O4/c19-16-15(7-1-2-8(20)10(22)5-7)25-18(29-16)12(6-26)28-11-4-3-9(21)13(14(11)23)17(24)27/h1-5,12,26H,6H2,(H2,24,27). The molecule has 3 rings (SSSR count). The van der Waals surface area contributed by atoms with Gasteiger partial charge in [-0.1, -0.05) is 17.7 Å². The Hall–Kier alpha value is -2.56. The van der Waals surface area contributed by atoms with E-state index in [0.29, 0.717) is 5.56 Å². The first-order valence-corrected chi connectivity index (χ1v) is 9.07. The van der Waals surface area contributed by atoms with Gasteiger partial charge in [-0.3, -0.25) is 4.79 Å². The fraction of sp³-hybridized carbons (Fsp3) is 0.111. The van der Waals surface area contributed by atoms with Gasteiger partial charge in [-0.2, -0.15) is 0 Å². The van der Waals surface area contributed by atoms with E-state index >= 15 is 0 Å². The summed E-state index contributed by atoms with van der Waals surface area (Å²) in [5.74, 6) is -5.23. The highest BCUT2D eigenvalue weighted by Crippen LogP contribution is 2.34. The van der Waals surface area contributed by atoms with E-state index in [1.54, 1.807) is 0 Å². The van der Waals surface area contributed by atoms with Crippen LogP contribution in [0.4, 0.5) is 13.2 Å². The van der Waals surface area contributed by atoms with Gasteiger partial charge in [0, 0.05) is 5.56 Å². The van der Waals surface area contributed by atoms with Crippen molar-refractivity contribution < 1.29 is 32.2 Å². The molecule has 3 N–H and O–H groups in total. The highest BCUT2D eigenvalue weighted by molar-refractivity contribution is 9.10. The van der Waals surface area contributed by atoms with E-state index in [4.69, 9.17) is 26.5 Å². The second-order valence-electron chi connectivity index (χ2n) is 5.69. The van der Waals surface area contributed by atoms with Crippen LogP contribution >= 0.6 is 27.5 Å². The Bertz CT molecular complexity index is 1090. The number of aromatic nitrogens is 1. The third kappa shape index (κ3) is 4.24. The molecule has 0 bridgehead atoms. The fourth-order valence-corrected chi connectivity index (χ4v) is 3.05. The molecule has 0 saturated carbocycles. The lowest BCUT2D eigenvalue weighted by molar-refractivity contribution is 0.0880. The molecule has 0 saturated heterocycles. The summed E-state index contributed by atoms with van der Waals surface area (Å²) < 4.78 is 52.5. The van der Waals surface area contributed by atoms with Gasteiger partial charge in [-0.15, -0.1) is 0 Å². The maximum absolute atomic E-state index is 14.4. The third-order valence-electron chi connectivity index (χ3n) is 3.81. The van der Waals surface area contributed by atoms with E-state index in [0.717, 1.165) is 18.2 Å². The fourth-order valence-electron chi connectivity index (χ4n) is 2.45. The zero-order valence-electron chi connectivity index (χ0n) is 14.3. The molecular formula is C18H11BrClF3N2O4. The van der Waals surface area contributed by atoms with E-state index in [1.165, 1.54) is 12.1 Å². The number of benzene rings is 2. The molecule has 6 nitrogen and oxygen atoms in total. The summed E-state index contributed by atoms with van der Waals surface area (Å²) in [4.78, 5) is 15.4. The average Bonchev–Trinajstić information content (AvgIpc) is 3.04. The highest BCUT2D eigenvalue weighted by atomic mass is 79.9. The number of amides is 1. The third-order valence-corrected chi connectivity index (χ3v) is 4.65. The quantitative estimate of drug-likeness (QED) is 0.533. The molecule has 1 amide bonds. The maximum atomic E-state index is 14.4. The van der Waals surface area contributed by atoms with Crippen LogP contribution in [0, 0.1) is 17.5 Å². The smallest absolute Gasteiger partial charge is 0.254 e. The molecule has 1 unspecified atom stereocenters. The lowest BCUT2D eigenvalue weighted by Gasteiger charge is -2.15. The van der Waals surface area contributed by atoms with Gasteiger partial charge in [0.25, 0.3) is 5.91 Å². The van der Waals surface area contributed by atoms with Crippen molar-refractivity contribution in [2.75, 3.05) is 6.61 Å².